The van der Waals surface area contributed by atoms with Crippen molar-refractivity contribution in [2.24, 2.45) is 0 Å². The number of esters is 1. The number of methoxy groups -OCH3 is 1. The molecule has 1 amide bonds. The van der Waals surface area contributed by atoms with Gasteiger partial charge in [-0.15, -0.1) is 11.3 Å². The van der Waals surface area contributed by atoms with E-state index >= 15 is 0 Å². The zero-order chi connectivity index (χ0) is 17.3. The molecular formula is C18H14FNO3S. The fourth-order valence-corrected chi connectivity index (χ4v) is 3.25. The van der Waals surface area contributed by atoms with Crippen LogP contribution in [0.15, 0.2) is 58.6 Å². The molecule has 0 atom stereocenters. The highest BCUT2D eigenvalue weighted by Gasteiger charge is 2.37. The summed E-state index contributed by atoms with van der Waals surface area (Å²) in [4.78, 5) is 27.3. The Morgan fingerprint density at radius 3 is 2.54 bits per heavy atom. The highest BCUT2D eigenvalue weighted by Crippen LogP contribution is 2.35. The standard InChI is InChI=1S/C18H14FNO3S/c1-11-16(18(22)23-2)15(10-14-4-3-9-24-14)17(21)20(11)13-7-5-12(19)6-8-13/h3-10H,1-2H3/b15-10-. The molecule has 2 heterocycles. The zero-order valence-electron chi connectivity index (χ0n) is 13.1. The Kier molecular flexibility index (Phi) is 4.31. The van der Waals surface area contributed by atoms with Crippen LogP contribution in [0.5, 0.6) is 0 Å². The van der Waals surface area contributed by atoms with Gasteiger partial charge in [-0.3, -0.25) is 9.69 Å². The van der Waals surface area contributed by atoms with E-state index in [1.54, 1.807) is 13.0 Å². The number of hydrogen-bond acceptors (Lipinski definition) is 4. The molecule has 0 unspecified atom stereocenters. The zero-order valence-corrected chi connectivity index (χ0v) is 13.9. The Balaban J connectivity index is 2.12. The molecule has 122 valence electrons. The number of benzene rings is 1. The van der Waals surface area contributed by atoms with Crippen LogP contribution in [0.4, 0.5) is 10.1 Å². The van der Waals surface area contributed by atoms with Crippen LogP contribution in [-0.2, 0) is 14.3 Å². The molecule has 2 aromatic rings. The van der Waals surface area contributed by atoms with E-state index in [4.69, 9.17) is 4.74 Å². The van der Waals surface area contributed by atoms with E-state index in [2.05, 4.69) is 0 Å². The lowest BCUT2D eigenvalue weighted by Crippen LogP contribution is -2.24. The number of hydrogen-bond donors (Lipinski definition) is 0. The molecule has 0 spiro atoms. The molecule has 1 aliphatic rings. The van der Waals surface area contributed by atoms with Gasteiger partial charge in [0.2, 0.25) is 0 Å². The van der Waals surface area contributed by atoms with Crippen LogP contribution < -0.4 is 4.90 Å². The first-order valence-corrected chi connectivity index (χ1v) is 8.05. The summed E-state index contributed by atoms with van der Waals surface area (Å²) in [5.74, 6) is -1.31. The molecule has 0 radical (unpaired) electrons. The molecule has 1 aliphatic heterocycles. The Morgan fingerprint density at radius 2 is 1.96 bits per heavy atom. The van der Waals surface area contributed by atoms with E-state index in [0.29, 0.717) is 11.4 Å². The van der Waals surface area contributed by atoms with Gasteiger partial charge in [0.05, 0.1) is 18.3 Å². The van der Waals surface area contributed by atoms with Gasteiger partial charge in [-0.2, -0.15) is 0 Å². The van der Waals surface area contributed by atoms with Crippen LogP contribution in [0.2, 0.25) is 0 Å². The maximum atomic E-state index is 13.2. The first-order chi connectivity index (χ1) is 11.5. The van der Waals surface area contributed by atoms with Crippen molar-refractivity contribution < 1.29 is 18.7 Å². The SMILES string of the molecule is COC(=O)C1=C(C)N(c2ccc(F)cc2)C(=O)/C1=C\c1cccs1. The number of halogens is 1. The number of allylic oxidation sites excluding steroid dienone is 1. The van der Waals surface area contributed by atoms with E-state index in [1.165, 1.54) is 47.6 Å². The van der Waals surface area contributed by atoms with Gasteiger partial charge in [-0.1, -0.05) is 6.07 Å². The summed E-state index contributed by atoms with van der Waals surface area (Å²) in [6.45, 7) is 1.67. The number of nitrogens with zero attached hydrogens (tertiary/aromatic N) is 1. The number of anilines is 1. The van der Waals surface area contributed by atoms with Crippen LogP contribution in [0.1, 0.15) is 11.8 Å². The molecule has 4 nitrogen and oxygen atoms in total. The van der Waals surface area contributed by atoms with Gasteiger partial charge in [0.25, 0.3) is 5.91 Å². The van der Waals surface area contributed by atoms with Gasteiger partial charge >= 0.3 is 5.97 Å². The summed E-state index contributed by atoms with van der Waals surface area (Å²) in [5.41, 5.74) is 1.45. The summed E-state index contributed by atoms with van der Waals surface area (Å²) < 4.78 is 18.0. The van der Waals surface area contributed by atoms with Crippen molar-refractivity contribution in [1.82, 2.24) is 0 Å². The third-order valence-electron chi connectivity index (χ3n) is 3.70. The minimum absolute atomic E-state index is 0.222. The molecule has 1 aromatic heterocycles. The van der Waals surface area contributed by atoms with Crippen molar-refractivity contribution in [1.29, 1.82) is 0 Å². The summed E-state index contributed by atoms with van der Waals surface area (Å²) in [7, 11) is 1.27. The normalized spacial score (nSPS) is 16.2. The number of carbonyl (C=O) groups excluding carboxylic acids is 2. The monoisotopic (exact) mass is 343 g/mol. The van der Waals surface area contributed by atoms with Crippen LogP contribution >= 0.6 is 11.3 Å². The molecule has 0 N–H and O–H groups in total. The average molecular weight is 343 g/mol. The highest BCUT2D eigenvalue weighted by atomic mass is 32.1. The van der Waals surface area contributed by atoms with Crippen molar-refractivity contribution in [2.75, 3.05) is 12.0 Å². The fraction of sp³-hybridized carbons (Fsp3) is 0.111. The Hall–Kier alpha value is -2.73. The van der Waals surface area contributed by atoms with Gasteiger partial charge in [0, 0.05) is 16.3 Å². The second-order valence-electron chi connectivity index (χ2n) is 5.14. The van der Waals surface area contributed by atoms with Crippen molar-refractivity contribution in [3.05, 3.63) is 69.3 Å². The van der Waals surface area contributed by atoms with Crippen molar-refractivity contribution >= 4 is 35.0 Å². The van der Waals surface area contributed by atoms with Crippen LogP contribution in [0.3, 0.4) is 0 Å². The van der Waals surface area contributed by atoms with Gasteiger partial charge < -0.3 is 4.74 Å². The fourth-order valence-electron chi connectivity index (χ4n) is 2.60. The Morgan fingerprint density at radius 1 is 1.25 bits per heavy atom. The molecule has 3 rings (SSSR count). The number of thiophene rings is 1. The summed E-state index contributed by atoms with van der Waals surface area (Å²) in [5, 5.41) is 1.89. The minimum Gasteiger partial charge on any atom is -0.465 e. The smallest absolute Gasteiger partial charge is 0.340 e. The summed E-state index contributed by atoms with van der Waals surface area (Å²) >= 11 is 1.46. The predicted octanol–water partition coefficient (Wildman–Crippen LogP) is 3.76. The molecule has 0 fully saturated rings. The van der Waals surface area contributed by atoms with E-state index < -0.39 is 11.8 Å². The highest BCUT2D eigenvalue weighted by molar-refractivity contribution is 7.10. The van der Waals surface area contributed by atoms with Crippen molar-refractivity contribution in [3.8, 4) is 0 Å². The molecule has 6 heteroatoms. The van der Waals surface area contributed by atoms with Crippen LogP contribution in [0, 0.1) is 5.82 Å². The van der Waals surface area contributed by atoms with E-state index in [-0.39, 0.29) is 17.1 Å². The van der Waals surface area contributed by atoms with E-state index in [0.717, 1.165) is 4.88 Å². The first kappa shape index (κ1) is 16.1. The third kappa shape index (κ3) is 2.76. The number of carbonyl (C=O) groups is 2. The van der Waals surface area contributed by atoms with Crippen LogP contribution in [-0.4, -0.2) is 19.0 Å². The molecule has 1 aromatic carbocycles. The van der Waals surface area contributed by atoms with E-state index in [9.17, 15) is 14.0 Å². The number of amides is 1. The van der Waals surface area contributed by atoms with Gasteiger partial charge in [-0.05, 0) is 48.7 Å². The average Bonchev–Trinajstić information content (AvgIpc) is 3.16. The topological polar surface area (TPSA) is 46.6 Å². The molecule has 0 saturated carbocycles. The van der Waals surface area contributed by atoms with Crippen molar-refractivity contribution in [2.45, 2.75) is 6.92 Å². The minimum atomic E-state index is -0.576. The van der Waals surface area contributed by atoms with Crippen LogP contribution in [0.25, 0.3) is 6.08 Å². The maximum Gasteiger partial charge on any atom is 0.340 e. The molecule has 0 aliphatic carbocycles. The van der Waals surface area contributed by atoms with Gasteiger partial charge in [0.1, 0.15) is 5.82 Å². The molecule has 0 saturated heterocycles. The largest absolute Gasteiger partial charge is 0.465 e. The van der Waals surface area contributed by atoms with Crippen molar-refractivity contribution in [3.63, 3.8) is 0 Å². The predicted molar refractivity (Wildman–Crippen MR) is 90.9 cm³/mol. The number of ether oxygens (including phenoxy) is 1. The third-order valence-corrected chi connectivity index (χ3v) is 4.52. The molecule has 24 heavy (non-hydrogen) atoms. The lowest BCUT2D eigenvalue weighted by molar-refractivity contribution is -0.136. The first-order valence-electron chi connectivity index (χ1n) is 7.17. The lowest BCUT2D eigenvalue weighted by Gasteiger charge is -2.17. The summed E-state index contributed by atoms with van der Waals surface area (Å²) in [6.07, 6.45) is 1.67. The quantitative estimate of drug-likeness (QED) is 0.630. The van der Waals surface area contributed by atoms with Gasteiger partial charge in [0.15, 0.2) is 0 Å². The summed E-state index contributed by atoms with van der Waals surface area (Å²) in [6, 6.07) is 9.27. The van der Waals surface area contributed by atoms with E-state index in [1.807, 2.05) is 17.5 Å². The Labute approximate surface area is 142 Å². The number of rotatable bonds is 3. The maximum absolute atomic E-state index is 13.2. The molecule has 0 bridgehead atoms. The lowest BCUT2D eigenvalue weighted by atomic mass is 10.1. The van der Waals surface area contributed by atoms with Gasteiger partial charge in [-0.25, -0.2) is 9.18 Å². The Bertz CT molecular complexity index is 851. The second-order valence-corrected chi connectivity index (χ2v) is 6.12. The molecular weight excluding hydrogens is 329 g/mol. The second kappa shape index (κ2) is 6.41.